The summed E-state index contributed by atoms with van der Waals surface area (Å²) in [6.07, 6.45) is 2.01. The number of benzene rings is 1. The zero-order chi connectivity index (χ0) is 14.8. The topological polar surface area (TPSA) is 33.2 Å². The number of carbonyl (C=O) groups is 1. The Kier molecular flexibility index (Phi) is 3.93. The van der Waals surface area contributed by atoms with Gasteiger partial charge in [-0.3, -0.25) is 4.79 Å². The fraction of sp³-hybridized carbons (Fsp3) is 0.294. The first-order valence-corrected chi connectivity index (χ1v) is 7.51. The Bertz CT molecular complexity index is 664. The molecule has 1 amide bonds. The van der Waals surface area contributed by atoms with Gasteiger partial charge in [-0.25, -0.2) is 4.98 Å². The smallest absolute Gasteiger partial charge is 0.254 e. The van der Waals surface area contributed by atoms with E-state index in [9.17, 15) is 4.79 Å². The molecular formula is C17H17ClN2O. The highest BCUT2D eigenvalue weighted by molar-refractivity contribution is 6.29. The maximum absolute atomic E-state index is 12.7. The van der Waals surface area contributed by atoms with Crippen LogP contribution in [0.3, 0.4) is 0 Å². The monoisotopic (exact) mass is 300 g/mol. The number of nitrogens with zero attached hydrogens (tertiary/aromatic N) is 2. The average molecular weight is 301 g/mol. The molecule has 0 aliphatic carbocycles. The second-order valence-corrected chi connectivity index (χ2v) is 5.81. The van der Waals surface area contributed by atoms with Gasteiger partial charge in [-0.15, -0.1) is 0 Å². The molecule has 2 aromatic rings. The molecule has 0 atom stereocenters. The van der Waals surface area contributed by atoms with Gasteiger partial charge in [0.15, 0.2) is 0 Å². The van der Waals surface area contributed by atoms with Crippen LogP contribution in [0.4, 0.5) is 0 Å². The first kappa shape index (κ1) is 14.1. The maximum atomic E-state index is 12.7. The SMILES string of the molecule is Cc1cc(C(=O)N2CCCc3ccccc3C2)cc(Cl)n1. The molecule has 1 aromatic heterocycles. The minimum atomic E-state index is 0.0269. The van der Waals surface area contributed by atoms with Gasteiger partial charge in [-0.2, -0.15) is 0 Å². The molecule has 0 saturated carbocycles. The van der Waals surface area contributed by atoms with Crippen molar-refractivity contribution in [2.45, 2.75) is 26.3 Å². The highest BCUT2D eigenvalue weighted by Gasteiger charge is 2.20. The van der Waals surface area contributed by atoms with Crippen molar-refractivity contribution in [3.8, 4) is 0 Å². The first-order valence-electron chi connectivity index (χ1n) is 7.14. The summed E-state index contributed by atoms with van der Waals surface area (Å²) in [5, 5.41) is 0.369. The second-order valence-electron chi connectivity index (χ2n) is 5.42. The van der Waals surface area contributed by atoms with Crippen LogP contribution < -0.4 is 0 Å². The van der Waals surface area contributed by atoms with Crippen molar-refractivity contribution in [1.82, 2.24) is 9.88 Å². The van der Waals surface area contributed by atoms with Crippen LogP contribution in [0.2, 0.25) is 5.15 Å². The molecule has 0 spiro atoms. The Labute approximate surface area is 129 Å². The van der Waals surface area contributed by atoms with Crippen LogP contribution in [-0.4, -0.2) is 22.3 Å². The van der Waals surface area contributed by atoms with Crippen LogP contribution in [-0.2, 0) is 13.0 Å². The molecule has 4 heteroatoms. The predicted molar refractivity (Wildman–Crippen MR) is 83.5 cm³/mol. The second kappa shape index (κ2) is 5.86. The van der Waals surface area contributed by atoms with Crippen LogP contribution in [0.5, 0.6) is 0 Å². The largest absolute Gasteiger partial charge is 0.334 e. The van der Waals surface area contributed by atoms with E-state index in [-0.39, 0.29) is 5.91 Å². The van der Waals surface area contributed by atoms with Crippen LogP contribution >= 0.6 is 11.6 Å². The summed E-state index contributed by atoms with van der Waals surface area (Å²) >= 11 is 5.96. The van der Waals surface area contributed by atoms with E-state index < -0.39 is 0 Å². The standard InChI is InChI=1S/C17H17ClN2O/c1-12-9-15(10-16(18)19-12)17(21)20-8-4-7-13-5-2-3-6-14(13)11-20/h2-3,5-6,9-10H,4,7-8,11H2,1H3. The van der Waals surface area contributed by atoms with Gasteiger partial charge in [0, 0.05) is 24.3 Å². The summed E-state index contributed by atoms with van der Waals surface area (Å²) in [5.41, 5.74) is 3.96. The van der Waals surface area contributed by atoms with E-state index in [0.717, 1.165) is 25.1 Å². The predicted octanol–water partition coefficient (Wildman–Crippen LogP) is 3.63. The zero-order valence-electron chi connectivity index (χ0n) is 12.0. The highest BCUT2D eigenvalue weighted by Crippen LogP contribution is 2.21. The van der Waals surface area contributed by atoms with Crippen molar-refractivity contribution >= 4 is 17.5 Å². The molecule has 0 bridgehead atoms. The van der Waals surface area contributed by atoms with Crippen molar-refractivity contribution in [3.63, 3.8) is 0 Å². The van der Waals surface area contributed by atoms with E-state index in [0.29, 0.717) is 17.3 Å². The molecule has 0 fully saturated rings. The molecule has 1 aliphatic heterocycles. The summed E-state index contributed by atoms with van der Waals surface area (Å²) in [4.78, 5) is 18.7. The van der Waals surface area contributed by atoms with Crippen LogP contribution in [0.1, 0.15) is 33.6 Å². The molecule has 0 saturated heterocycles. The van der Waals surface area contributed by atoms with E-state index in [1.54, 1.807) is 12.1 Å². The lowest BCUT2D eigenvalue weighted by atomic mass is 10.0. The summed E-state index contributed by atoms with van der Waals surface area (Å²) < 4.78 is 0. The Morgan fingerprint density at radius 3 is 2.76 bits per heavy atom. The van der Waals surface area contributed by atoms with Crippen molar-refractivity contribution in [3.05, 3.63) is 63.9 Å². The van der Waals surface area contributed by atoms with Crippen LogP contribution in [0.15, 0.2) is 36.4 Å². The third-order valence-corrected chi connectivity index (χ3v) is 4.00. The molecule has 0 unspecified atom stereocenters. The van der Waals surface area contributed by atoms with Crippen molar-refractivity contribution in [2.24, 2.45) is 0 Å². The molecule has 1 aliphatic rings. The van der Waals surface area contributed by atoms with Crippen molar-refractivity contribution < 1.29 is 4.79 Å². The number of hydrogen-bond donors (Lipinski definition) is 0. The van der Waals surface area contributed by atoms with Gasteiger partial charge in [-0.05, 0) is 43.0 Å². The quantitative estimate of drug-likeness (QED) is 0.754. The average Bonchev–Trinajstić information content (AvgIpc) is 2.67. The Morgan fingerprint density at radius 2 is 2.00 bits per heavy atom. The maximum Gasteiger partial charge on any atom is 0.254 e. The van der Waals surface area contributed by atoms with E-state index in [1.165, 1.54) is 11.1 Å². The van der Waals surface area contributed by atoms with Crippen LogP contribution in [0.25, 0.3) is 0 Å². The van der Waals surface area contributed by atoms with Gasteiger partial charge >= 0.3 is 0 Å². The number of halogens is 1. The Hall–Kier alpha value is -1.87. The number of fused-ring (bicyclic) bond motifs is 1. The van der Waals surface area contributed by atoms with E-state index in [2.05, 4.69) is 23.2 Å². The molecule has 108 valence electrons. The summed E-state index contributed by atoms with van der Waals surface area (Å²) in [6.45, 7) is 3.28. The minimum absolute atomic E-state index is 0.0269. The van der Waals surface area contributed by atoms with Crippen molar-refractivity contribution in [2.75, 3.05) is 6.54 Å². The molecule has 21 heavy (non-hydrogen) atoms. The number of carbonyl (C=O) groups excluding carboxylic acids is 1. The molecule has 0 N–H and O–H groups in total. The number of hydrogen-bond acceptors (Lipinski definition) is 2. The number of rotatable bonds is 1. The first-order chi connectivity index (χ1) is 10.1. The summed E-state index contributed by atoms with van der Waals surface area (Å²) in [7, 11) is 0. The van der Waals surface area contributed by atoms with Gasteiger partial charge in [0.05, 0.1) is 0 Å². The molecule has 3 nitrogen and oxygen atoms in total. The number of aromatic nitrogens is 1. The fourth-order valence-corrected chi connectivity index (χ4v) is 3.06. The van der Waals surface area contributed by atoms with Gasteiger partial charge < -0.3 is 4.90 Å². The van der Waals surface area contributed by atoms with Crippen LogP contribution in [0, 0.1) is 6.92 Å². The van der Waals surface area contributed by atoms with Crippen molar-refractivity contribution in [1.29, 1.82) is 0 Å². The highest BCUT2D eigenvalue weighted by atomic mass is 35.5. The molecule has 1 aromatic carbocycles. The number of aryl methyl sites for hydroxylation is 2. The molecule has 2 heterocycles. The van der Waals surface area contributed by atoms with E-state index >= 15 is 0 Å². The minimum Gasteiger partial charge on any atom is -0.334 e. The van der Waals surface area contributed by atoms with Gasteiger partial charge in [0.1, 0.15) is 5.15 Å². The zero-order valence-corrected chi connectivity index (χ0v) is 12.7. The normalized spacial score (nSPS) is 14.5. The Morgan fingerprint density at radius 1 is 1.24 bits per heavy atom. The van der Waals surface area contributed by atoms with E-state index in [1.807, 2.05) is 17.9 Å². The van der Waals surface area contributed by atoms with Gasteiger partial charge in [0.2, 0.25) is 0 Å². The summed E-state index contributed by atoms with van der Waals surface area (Å²) in [5.74, 6) is 0.0269. The van der Waals surface area contributed by atoms with Gasteiger partial charge in [-0.1, -0.05) is 35.9 Å². The lowest BCUT2D eigenvalue weighted by Crippen LogP contribution is -2.30. The molecular weight excluding hydrogens is 284 g/mol. The Balaban J connectivity index is 1.88. The fourth-order valence-electron chi connectivity index (χ4n) is 2.81. The third-order valence-electron chi connectivity index (χ3n) is 3.81. The van der Waals surface area contributed by atoms with E-state index in [4.69, 9.17) is 11.6 Å². The molecule has 3 rings (SSSR count). The molecule has 0 radical (unpaired) electrons. The lowest BCUT2D eigenvalue weighted by Gasteiger charge is -2.21. The number of pyridine rings is 1. The number of amides is 1. The lowest BCUT2D eigenvalue weighted by molar-refractivity contribution is 0.0745. The third kappa shape index (κ3) is 3.08. The summed E-state index contributed by atoms with van der Waals surface area (Å²) in [6, 6.07) is 11.8. The van der Waals surface area contributed by atoms with Gasteiger partial charge in [0.25, 0.3) is 5.91 Å².